The Bertz CT molecular complexity index is 1420. The molecular formula is C27H26ClFN4O3. The van der Waals surface area contributed by atoms with Crippen molar-refractivity contribution in [1.29, 1.82) is 0 Å². The van der Waals surface area contributed by atoms with Gasteiger partial charge in [0, 0.05) is 23.4 Å². The first kappa shape index (κ1) is 24.2. The third-order valence-corrected chi connectivity index (χ3v) is 7.29. The molecule has 5 rings (SSSR count). The van der Waals surface area contributed by atoms with Crippen molar-refractivity contribution in [1.82, 2.24) is 20.0 Å². The molecule has 1 saturated carbocycles. The Kier molecular flexibility index (Phi) is 6.38. The summed E-state index contributed by atoms with van der Waals surface area (Å²) in [4.78, 5) is 40.0. The normalized spacial score (nSPS) is 21.2. The van der Waals surface area contributed by atoms with E-state index in [1.807, 2.05) is 18.2 Å². The van der Waals surface area contributed by atoms with Gasteiger partial charge in [0.15, 0.2) is 5.78 Å². The number of benzene rings is 2. The lowest BCUT2D eigenvalue weighted by Crippen LogP contribution is -2.49. The molecule has 9 heteroatoms. The van der Waals surface area contributed by atoms with Gasteiger partial charge in [0.1, 0.15) is 24.1 Å². The smallest absolute Gasteiger partial charge is 0.245 e. The molecule has 1 N–H and O–H groups in total. The number of ketones is 1. The van der Waals surface area contributed by atoms with E-state index in [1.165, 1.54) is 11.6 Å². The van der Waals surface area contributed by atoms with Crippen molar-refractivity contribution in [3.8, 4) is 0 Å². The fourth-order valence-electron chi connectivity index (χ4n) is 5.06. The number of carbonyl (C=O) groups is 3. The van der Waals surface area contributed by atoms with E-state index in [0.717, 1.165) is 6.42 Å². The monoisotopic (exact) mass is 508 g/mol. The molecule has 1 unspecified atom stereocenters. The molecule has 2 heterocycles. The van der Waals surface area contributed by atoms with Gasteiger partial charge in [-0.15, -0.1) is 0 Å². The number of Topliss-reactive ketones (excluding diaryl/α,β-unsaturated/α-hetero) is 1. The van der Waals surface area contributed by atoms with Crippen LogP contribution in [0.5, 0.6) is 0 Å². The first-order chi connectivity index (χ1) is 17.2. The lowest BCUT2D eigenvalue weighted by atomic mass is 10.1. The summed E-state index contributed by atoms with van der Waals surface area (Å²) >= 11 is 6.00. The standard InChI is InChI=1S/C27H26ClFN4O3/c1-15(17-6-5-7-19(28)10-17)21(29)13-30-27(36)24-12-18-11-23(18)33(24)25(35)14-32-22-9-4-3-8-20(22)26(31-32)16(2)34/h3-10,18,23-24H,11-14H2,1-2H3,(H,30,36)/b21-15+/t18-,23+,24?/m1/s1. The molecule has 2 aliphatic rings. The lowest BCUT2D eigenvalue weighted by molar-refractivity contribution is -0.140. The van der Waals surface area contributed by atoms with Crippen molar-refractivity contribution < 1.29 is 18.8 Å². The van der Waals surface area contributed by atoms with Gasteiger partial charge in [-0.1, -0.05) is 41.9 Å². The number of hydrogen-bond donors (Lipinski definition) is 1. The van der Waals surface area contributed by atoms with Crippen molar-refractivity contribution in [3.05, 3.63) is 70.6 Å². The van der Waals surface area contributed by atoms with Crippen molar-refractivity contribution in [2.75, 3.05) is 6.54 Å². The Morgan fingerprint density at radius 3 is 2.64 bits per heavy atom. The number of allylic oxidation sites excluding steroid dienone is 1. The molecule has 186 valence electrons. The second-order valence-electron chi connectivity index (χ2n) is 9.45. The highest BCUT2D eigenvalue weighted by molar-refractivity contribution is 6.30. The zero-order valence-electron chi connectivity index (χ0n) is 20.0. The number of rotatable bonds is 7. The molecule has 1 saturated heterocycles. The summed E-state index contributed by atoms with van der Waals surface area (Å²) in [7, 11) is 0. The number of aromatic nitrogens is 2. The Morgan fingerprint density at radius 1 is 1.11 bits per heavy atom. The zero-order valence-corrected chi connectivity index (χ0v) is 20.8. The summed E-state index contributed by atoms with van der Waals surface area (Å²) in [5.41, 5.74) is 2.04. The van der Waals surface area contributed by atoms with Gasteiger partial charge in [-0.25, -0.2) is 4.39 Å². The molecule has 1 aromatic heterocycles. The largest absolute Gasteiger partial charge is 0.348 e. The van der Waals surface area contributed by atoms with Crippen molar-refractivity contribution in [2.45, 2.75) is 45.3 Å². The van der Waals surface area contributed by atoms with Gasteiger partial charge in [-0.2, -0.15) is 5.10 Å². The molecule has 2 fully saturated rings. The maximum atomic E-state index is 14.8. The molecule has 1 aliphatic carbocycles. The molecular weight excluding hydrogens is 483 g/mol. The van der Waals surface area contributed by atoms with Gasteiger partial charge in [0.25, 0.3) is 0 Å². The minimum atomic E-state index is -0.658. The number of carbonyl (C=O) groups excluding carboxylic acids is 3. The van der Waals surface area contributed by atoms with Crippen LogP contribution in [0.4, 0.5) is 4.39 Å². The summed E-state index contributed by atoms with van der Waals surface area (Å²) in [6.45, 7) is 2.73. The van der Waals surface area contributed by atoms with E-state index in [2.05, 4.69) is 10.4 Å². The minimum Gasteiger partial charge on any atom is -0.348 e. The van der Waals surface area contributed by atoms with Gasteiger partial charge < -0.3 is 10.2 Å². The third kappa shape index (κ3) is 4.53. The molecule has 2 amide bonds. The SMILES string of the molecule is CC(=O)c1nn(CC(=O)N2C(C(=O)NC/C(F)=C(/C)c3cccc(Cl)c3)C[C@H]3C[C@@H]32)c2ccccc12. The molecule has 0 bridgehead atoms. The number of para-hydroxylation sites is 1. The average Bonchev–Trinajstić information content (AvgIpc) is 3.36. The van der Waals surface area contributed by atoms with Crippen LogP contribution in [0, 0.1) is 5.92 Å². The van der Waals surface area contributed by atoms with E-state index in [4.69, 9.17) is 11.6 Å². The molecule has 1 aliphatic heterocycles. The highest BCUT2D eigenvalue weighted by Crippen LogP contribution is 2.48. The Labute approximate surface area is 212 Å². The molecule has 3 aromatic rings. The maximum absolute atomic E-state index is 14.8. The highest BCUT2D eigenvalue weighted by Gasteiger charge is 2.56. The number of fused-ring (bicyclic) bond motifs is 2. The average molecular weight is 509 g/mol. The number of likely N-dealkylation sites (tertiary alicyclic amines) is 1. The van der Waals surface area contributed by atoms with Crippen LogP contribution in [0.3, 0.4) is 0 Å². The quantitative estimate of drug-likeness (QED) is 0.479. The van der Waals surface area contributed by atoms with Crippen LogP contribution in [0.1, 0.15) is 42.7 Å². The van der Waals surface area contributed by atoms with Gasteiger partial charge in [-0.05, 0) is 55.0 Å². The Morgan fingerprint density at radius 2 is 1.89 bits per heavy atom. The van der Waals surface area contributed by atoms with E-state index in [9.17, 15) is 18.8 Å². The zero-order chi connectivity index (χ0) is 25.6. The molecule has 3 atom stereocenters. The van der Waals surface area contributed by atoms with E-state index < -0.39 is 11.9 Å². The number of nitrogens with zero attached hydrogens (tertiary/aromatic N) is 3. The van der Waals surface area contributed by atoms with Crippen LogP contribution in [0.2, 0.25) is 5.02 Å². The summed E-state index contributed by atoms with van der Waals surface area (Å²) in [5, 5.41) is 8.23. The fourth-order valence-corrected chi connectivity index (χ4v) is 5.25. The first-order valence-electron chi connectivity index (χ1n) is 11.9. The van der Waals surface area contributed by atoms with Gasteiger partial charge in [0.05, 0.1) is 12.1 Å². The number of halogens is 2. The highest BCUT2D eigenvalue weighted by atomic mass is 35.5. The molecule has 2 aromatic carbocycles. The predicted molar refractivity (Wildman–Crippen MR) is 135 cm³/mol. The first-order valence-corrected chi connectivity index (χ1v) is 12.3. The van der Waals surface area contributed by atoms with Crippen LogP contribution in [0.15, 0.2) is 54.4 Å². The van der Waals surface area contributed by atoms with Crippen molar-refractivity contribution >= 4 is 45.7 Å². The van der Waals surface area contributed by atoms with Gasteiger partial charge >= 0.3 is 0 Å². The van der Waals surface area contributed by atoms with Gasteiger partial charge in [0.2, 0.25) is 11.8 Å². The van der Waals surface area contributed by atoms with E-state index in [-0.39, 0.29) is 42.6 Å². The van der Waals surface area contributed by atoms with Crippen LogP contribution >= 0.6 is 11.6 Å². The maximum Gasteiger partial charge on any atom is 0.245 e. The molecule has 0 spiro atoms. The third-order valence-electron chi connectivity index (χ3n) is 7.05. The predicted octanol–water partition coefficient (Wildman–Crippen LogP) is 4.40. The van der Waals surface area contributed by atoms with Gasteiger partial charge in [-0.3, -0.25) is 19.1 Å². The van der Waals surface area contributed by atoms with Crippen LogP contribution < -0.4 is 5.32 Å². The topological polar surface area (TPSA) is 84.3 Å². The van der Waals surface area contributed by atoms with Crippen molar-refractivity contribution in [3.63, 3.8) is 0 Å². The Hall–Kier alpha value is -3.52. The van der Waals surface area contributed by atoms with Crippen molar-refractivity contribution in [2.24, 2.45) is 5.92 Å². The second kappa shape index (κ2) is 9.50. The van der Waals surface area contributed by atoms with E-state index in [1.54, 1.807) is 42.2 Å². The molecule has 7 nitrogen and oxygen atoms in total. The molecule has 36 heavy (non-hydrogen) atoms. The lowest BCUT2D eigenvalue weighted by Gasteiger charge is -2.27. The number of piperidine rings is 1. The summed E-state index contributed by atoms with van der Waals surface area (Å²) in [6.07, 6.45) is 1.41. The fraction of sp³-hybridized carbons (Fsp3) is 0.333. The van der Waals surface area contributed by atoms with Crippen LogP contribution in [0.25, 0.3) is 16.5 Å². The van der Waals surface area contributed by atoms with E-state index in [0.29, 0.717) is 39.2 Å². The van der Waals surface area contributed by atoms with E-state index >= 15 is 0 Å². The minimum absolute atomic E-state index is 0.0101. The summed E-state index contributed by atoms with van der Waals surface area (Å²) in [5.74, 6) is -0.984. The number of hydrogen-bond acceptors (Lipinski definition) is 4. The Balaban J connectivity index is 1.30. The van der Waals surface area contributed by atoms with Crippen LogP contribution in [-0.4, -0.2) is 50.9 Å². The number of nitrogens with one attached hydrogen (secondary N) is 1. The summed E-state index contributed by atoms with van der Waals surface area (Å²) in [6, 6.07) is 13.5. The second-order valence-corrected chi connectivity index (χ2v) is 9.89. The van der Waals surface area contributed by atoms with Crippen LogP contribution in [-0.2, 0) is 16.1 Å². The summed E-state index contributed by atoms with van der Waals surface area (Å²) < 4.78 is 16.3. The number of amides is 2. The molecule has 0 radical (unpaired) electrons.